The fourth-order valence-corrected chi connectivity index (χ4v) is 4.77. The molecule has 38 heavy (non-hydrogen) atoms. The molecule has 4 rings (SSSR count). The van der Waals surface area contributed by atoms with Crippen LogP contribution >= 0.6 is 11.3 Å². The van der Waals surface area contributed by atoms with Crippen LogP contribution in [0.3, 0.4) is 0 Å². The second-order valence-electron chi connectivity index (χ2n) is 8.87. The molecule has 0 spiro atoms. The zero-order valence-corrected chi connectivity index (χ0v) is 21.7. The maximum absolute atomic E-state index is 13.5. The molecule has 0 aliphatic rings. The molecule has 0 aliphatic carbocycles. The van der Waals surface area contributed by atoms with E-state index < -0.39 is 23.8 Å². The number of hydrogen-bond acceptors (Lipinski definition) is 8. The second kappa shape index (κ2) is 11.6. The number of furan rings is 1. The Bertz CT molecular complexity index is 1380. The number of rotatable bonds is 11. The number of aromatic nitrogens is 1. The van der Waals surface area contributed by atoms with Crippen molar-refractivity contribution < 1.29 is 34.1 Å². The summed E-state index contributed by atoms with van der Waals surface area (Å²) >= 11 is 1.33. The van der Waals surface area contributed by atoms with Crippen molar-refractivity contribution in [2.24, 2.45) is 0 Å². The molecule has 0 atom stereocenters. The number of nitrogens with zero attached hydrogens (tertiary/aromatic N) is 2. The van der Waals surface area contributed by atoms with Crippen molar-refractivity contribution in [1.29, 1.82) is 0 Å². The van der Waals surface area contributed by atoms with Crippen molar-refractivity contribution in [1.82, 2.24) is 9.88 Å². The molecule has 3 N–H and O–H groups in total. The predicted octanol–water partition coefficient (Wildman–Crippen LogP) is 4.65. The Labute approximate surface area is 223 Å². The van der Waals surface area contributed by atoms with Crippen molar-refractivity contribution in [3.05, 3.63) is 94.1 Å². The predicted molar refractivity (Wildman–Crippen MR) is 140 cm³/mol. The third-order valence-electron chi connectivity index (χ3n) is 5.78. The minimum absolute atomic E-state index is 0.00409. The Morgan fingerprint density at radius 2 is 1.82 bits per heavy atom. The van der Waals surface area contributed by atoms with Gasteiger partial charge in [-0.1, -0.05) is 24.3 Å². The van der Waals surface area contributed by atoms with Crippen molar-refractivity contribution in [2.45, 2.75) is 45.2 Å². The van der Waals surface area contributed by atoms with Crippen molar-refractivity contribution in [3.8, 4) is 17.1 Å². The number of carbonyl (C=O) groups excluding carboxylic acids is 1. The summed E-state index contributed by atoms with van der Waals surface area (Å²) in [5.74, 6) is -3.33. The van der Waals surface area contributed by atoms with Gasteiger partial charge >= 0.3 is 5.97 Å². The summed E-state index contributed by atoms with van der Waals surface area (Å²) in [5.41, 5.74) is 1.64. The number of carboxylic acids is 1. The molecule has 0 aliphatic heterocycles. The number of para-hydroxylation sites is 1. The first-order valence-corrected chi connectivity index (χ1v) is 12.8. The van der Waals surface area contributed by atoms with Gasteiger partial charge in [-0.3, -0.25) is 14.5 Å². The Morgan fingerprint density at radius 1 is 1.08 bits per heavy atom. The average molecular weight is 537 g/mol. The van der Waals surface area contributed by atoms with Gasteiger partial charge < -0.3 is 24.5 Å². The number of ether oxygens (including phenoxy) is 1. The Hall–Kier alpha value is -3.99. The lowest BCUT2D eigenvalue weighted by molar-refractivity contribution is -0.264. The third-order valence-corrected chi connectivity index (χ3v) is 6.74. The molecule has 9 nitrogen and oxygen atoms in total. The number of benzene rings is 2. The number of hydrogen-bond donors (Lipinski definition) is 3. The maximum atomic E-state index is 13.5. The molecule has 0 unspecified atom stereocenters. The molecule has 2 aromatic carbocycles. The summed E-state index contributed by atoms with van der Waals surface area (Å²) in [6.45, 7) is 3.40. The van der Waals surface area contributed by atoms with Gasteiger partial charge in [-0.25, -0.2) is 4.98 Å². The normalized spacial score (nSPS) is 11.5. The van der Waals surface area contributed by atoms with Crippen molar-refractivity contribution in [2.75, 3.05) is 0 Å². The quantitative estimate of drug-likeness (QED) is 0.236. The van der Waals surface area contributed by atoms with Crippen LogP contribution in [0, 0.1) is 0 Å². The van der Waals surface area contributed by atoms with Gasteiger partial charge in [0.1, 0.15) is 18.1 Å². The van der Waals surface area contributed by atoms with E-state index in [4.69, 9.17) is 14.3 Å². The first-order chi connectivity index (χ1) is 18.2. The number of thiazole rings is 1. The average Bonchev–Trinajstić information content (AvgIpc) is 3.59. The molecule has 10 heteroatoms. The van der Waals surface area contributed by atoms with E-state index in [1.165, 1.54) is 17.4 Å². The molecule has 2 aromatic heterocycles. The maximum Gasteiger partial charge on any atom is 0.303 e. The van der Waals surface area contributed by atoms with Crippen LogP contribution in [0.1, 0.15) is 46.9 Å². The van der Waals surface area contributed by atoms with E-state index in [1.807, 2.05) is 6.07 Å². The van der Waals surface area contributed by atoms with Gasteiger partial charge in [-0.2, -0.15) is 0 Å². The highest BCUT2D eigenvalue weighted by atomic mass is 32.1. The van der Waals surface area contributed by atoms with Gasteiger partial charge in [0.05, 0.1) is 28.9 Å². The van der Waals surface area contributed by atoms with E-state index in [2.05, 4.69) is 4.98 Å². The van der Waals surface area contributed by atoms with E-state index >= 15 is 0 Å². The minimum atomic E-state index is -2.68. The summed E-state index contributed by atoms with van der Waals surface area (Å²) in [4.78, 5) is 29.7. The van der Waals surface area contributed by atoms with Crippen LogP contribution < -0.4 is 4.74 Å². The highest BCUT2D eigenvalue weighted by Gasteiger charge is 2.42. The Morgan fingerprint density at radius 3 is 2.47 bits per heavy atom. The number of carbonyl (C=O) groups is 2. The van der Waals surface area contributed by atoms with E-state index in [9.17, 15) is 19.8 Å². The molecule has 2 heterocycles. The lowest BCUT2D eigenvalue weighted by Crippen LogP contribution is -2.53. The van der Waals surface area contributed by atoms with Gasteiger partial charge in [0.15, 0.2) is 0 Å². The van der Waals surface area contributed by atoms with Gasteiger partial charge in [0.2, 0.25) is 0 Å². The summed E-state index contributed by atoms with van der Waals surface area (Å²) in [6.07, 6.45) is 1.87. The van der Waals surface area contributed by atoms with Crippen molar-refractivity contribution >= 4 is 23.2 Å². The molecule has 0 saturated carbocycles. The van der Waals surface area contributed by atoms with E-state index in [0.29, 0.717) is 22.9 Å². The minimum Gasteiger partial charge on any atom is -0.487 e. The number of aryl methyl sites for hydroxylation is 1. The highest BCUT2D eigenvalue weighted by molar-refractivity contribution is 7.09. The molecule has 0 saturated heterocycles. The van der Waals surface area contributed by atoms with Crippen LogP contribution in [0.5, 0.6) is 5.75 Å². The van der Waals surface area contributed by atoms with E-state index in [0.717, 1.165) is 10.5 Å². The lowest BCUT2D eigenvalue weighted by atomic mass is 10.0. The largest absolute Gasteiger partial charge is 0.487 e. The zero-order chi connectivity index (χ0) is 27.3. The number of aliphatic carboxylic acids is 1. The number of carboxylic acid groups (broad SMARTS) is 1. The Balaban J connectivity index is 1.54. The zero-order valence-electron chi connectivity index (χ0n) is 20.9. The van der Waals surface area contributed by atoms with Gasteiger partial charge in [-0.15, -0.1) is 11.3 Å². The molecule has 198 valence electrons. The van der Waals surface area contributed by atoms with E-state index in [1.54, 1.807) is 74.0 Å². The number of amides is 1. The molecule has 0 bridgehead atoms. The first-order valence-electron chi connectivity index (χ1n) is 12.0. The van der Waals surface area contributed by atoms with Crippen LogP contribution in [-0.2, 0) is 23.7 Å². The third kappa shape index (κ3) is 6.10. The van der Waals surface area contributed by atoms with Gasteiger partial charge in [0, 0.05) is 29.0 Å². The van der Waals surface area contributed by atoms with Crippen LogP contribution in [-0.4, -0.2) is 43.1 Å². The monoisotopic (exact) mass is 536 g/mol. The van der Waals surface area contributed by atoms with Gasteiger partial charge in [0.25, 0.3) is 11.8 Å². The van der Waals surface area contributed by atoms with Crippen LogP contribution in [0.15, 0.2) is 76.7 Å². The topological polar surface area (TPSA) is 133 Å². The van der Waals surface area contributed by atoms with Gasteiger partial charge in [-0.05, 0) is 50.2 Å². The molecule has 4 aromatic rings. The molecule has 1 amide bonds. The summed E-state index contributed by atoms with van der Waals surface area (Å²) in [6, 6.07) is 16.1. The van der Waals surface area contributed by atoms with Crippen LogP contribution in [0.25, 0.3) is 11.3 Å². The summed E-state index contributed by atoms with van der Waals surface area (Å²) in [5, 5.41) is 34.0. The molecule has 0 fully saturated rings. The smallest absolute Gasteiger partial charge is 0.303 e. The molecular formula is C28H28N2O7S. The summed E-state index contributed by atoms with van der Waals surface area (Å²) in [7, 11) is 0. The number of aliphatic hydroxyl groups is 2. The summed E-state index contributed by atoms with van der Waals surface area (Å²) < 4.78 is 11.3. The standard InChI is InChI=1S/C28H28N2O7S/c1-18(2)30(27(33)20-11-9-19(10-12-20)23-8-5-15-36-23)28(34,35)22-6-3-4-7-24(22)37-16-21-17-38-25(29-21)13-14-26(31)32/h3-12,15,17-18,34-35H,13-14,16H2,1-2H3,(H,31,32). The van der Waals surface area contributed by atoms with Crippen LogP contribution in [0.4, 0.5) is 0 Å². The van der Waals surface area contributed by atoms with Crippen molar-refractivity contribution in [3.63, 3.8) is 0 Å². The molecular weight excluding hydrogens is 508 g/mol. The Kier molecular flexibility index (Phi) is 8.26. The lowest BCUT2D eigenvalue weighted by Gasteiger charge is -2.39. The fraction of sp³-hybridized carbons (Fsp3) is 0.250. The van der Waals surface area contributed by atoms with Crippen LogP contribution in [0.2, 0.25) is 0 Å². The fourth-order valence-electron chi connectivity index (χ4n) is 3.99. The first kappa shape index (κ1) is 27.1. The van der Waals surface area contributed by atoms with E-state index in [-0.39, 0.29) is 29.9 Å². The second-order valence-corrected chi connectivity index (χ2v) is 9.81. The highest BCUT2D eigenvalue weighted by Crippen LogP contribution is 2.34. The SMILES string of the molecule is CC(C)N(C(=O)c1ccc(-c2ccco2)cc1)C(O)(O)c1ccccc1OCc1csc(CCC(=O)O)n1. The molecule has 0 radical (unpaired) electrons.